The number of rotatable bonds is 3. The van der Waals surface area contributed by atoms with Crippen LogP contribution in [0.2, 0.25) is 0 Å². The zero-order chi connectivity index (χ0) is 21.8. The molecule has 1 aromatic heterocycles. The second-order valence-corrected chi connectivity index (χ2v) is 11.0. The summed E-state index contributed by atoms with van der Waals surface area (Å²) in [5.74, 6) is 2.36. The molecule has 31 heavy (non-hydrogen) atoms. The molecule has 0 spiro atoms. The number of fused-ring (bicyclic) bond motifs is 4. The first-order valence-corrected chi connectivity index (χ1v) is 12.2. The summed E-state index contributed by atoms with van der Waals surface area (Å²) in [6, 6.07) is 11.4. The zero-order valence-electron chi connectivity index (χ0n) is 19.8. The van der Waals surface area contributed by atoms with Gasteiger partial charge in [0.25, 0.3) is 0 Å². The van der Waals surface area contributed by atoms with Gasteiger partial charge in [0.1, 0.15) is 0 Å². The van der Waals surface area contributed by atoms with E-state index in [0.717, 1.165) is 23.0 Å². The third-order valence-corrected chi connectivity index (χ3v) is 8.47. The van der Waals surface area contributed by atoms with Crippen LogP contribution in [0.25, 0.3) is 11.3 Å². The second kappa shape index (κ2) is 7.74. The monoisotopic (exact) mass is 417 g/mol. The maximum absolute atomic E-state index is 6.19. The lowest BCUT2D eigenvalue weighted by atomic mass is 9.78. The fourth-order valence-electron chi connectivity index (χ4n) is 5.86. The highest BCUT2D eigenvalue weighted by atomic mass is 16.7. The van der Waals surface area contributed by atoms with Crippen molar-refractivity contribution in [2.24, 2.45) is 5.92 Å². The lowest BCUT2D eigenvalue weighted by molar-refractivity contribution is 0.00578. The number of aromatic nitrogens is 1. The Morgan fingerprint density at radius 1 is 0.968 bits per heavy atom. The SMILES string of the molecule is CCC1CC2CCCC(C2)c2ccc(-c3ccc(B4OC(C)(C)C(C)(C)O4)cn3)cc21. The van der Waals surface area contributed by atoms with E-state index in [9.17, 15) is 0 Å². The van der Waals surface area contributed by atoms with Gasteiger partial charge < -0.3 is 9.31 Å². The molecule has 2 aliphatic carbocycles. The molecule has 2 aromatic rings. The quantitative estimate of drug-likeness (QED) is 0.556. The van der Waals surface area contributed by atoms with Crippen LogP contribution < -0.4 is 5.46 Å². The van der Waals surface area contributed by atoms with Crippen molar-refractivity contribution in [1.82, 2.24) is 4.98 Å². The van der Waals surface area contributed by atoms with E-state index in [0.29, 0.717) is 5.92 Å². The summed E-state index contributed by atoms with van der Waals surface area (Å²) < 4.78 is 12.4. The molecular formula is C27H36BNO2. The van der Waals surface area contributed by atoms with Gasteiger partial charge in [-0.25, -0.2) is 0 Å². The van der Waals surface area contributed by atoms with Gasteiger partial charge in [0.05, 0.1) is 16.9 Å². The molecule has 0 radical (unpaired) electrons. The zero-order valence-corrected chi connectivity index (χ0v) is 19.8. The average Bonchev–Trinajstić information content (AvgIpc) is 2.92. The number of hydrogen-bond acceptors (Lipinski definition) is 3. The highest BCUT2D eigenvalue weighted by molar-refractivity contribution is 6.62. The van der Waals surface area contributed by atoms with Crippen molar-refractivity contribution in [1.29, 1.82) is 0 Å². The van der Waals surface area contributed by atoms with Gasteiger partial charge in [-0.15, -0.1) is 0 Å². The summed E-state index contributed by atoms with van der Waals surface area (Å²) in [6.07, 6.45) is 10.1. The molecule has 164 valence electrons. The van der Waals surface area contributed by atoms with Gasteiger partial charge in [0.2, 0.25) is 0 Å². The Hall–Kier alpha value is -1.65. The van der Waals surface area contributed by atoms with Crippen LogP contribution in [0.15, 0.2) is 36.5 Å². The van der Waals surface area contributed by atoms with Crippen molar-refractivity contribution in [2.45, 2.75) is 96.2 Å². The first-order chi connectivity index (χ1) is 14.8. The molecule has 1 aliphatic heterocycles. The first-order valence-electron chi connectivity index (χ1n) is 12.2. The Morgan fingerprint density at radius 3 is 2.42 bits per heavy atom. The van der Waals surface area contributed by atoms with Crippen LogP contribution in [0, 0.1) is 5.92 Å². The number of hydrogen-bond donors (Lipinski definition) is 0. The smallest absolute Gasteiger partial charge is 0.399 e. The van der Waals surface area contributed by atoms with Gasteiger partial charge in [0, 0.05) is 17.2 Å². The van der Waals surface area contributed by atoms with Crippen molar-refractivity contribution in [2.75, 3.05) is 0 Å². The standard InChI is InChI=1S/C27H36BNO2/c1-6-19-14-18-8-7-9-20(15-18)23-12-10-21(16-24(19)23)25-13-11-22(17-29-25)28-30-26(2,3)27(4,5)31-28/h10-13,16-20H,6-9,14-15H2,1-5H3. The third kappa shape index (κ3) is 3.76. The van der Waals surface area contributed by atoms with Gasteiger partial charge >= 0.3 is 7.12 Å². The van der Waals surface area contributed by atoms with Gasteiger partial charge in [-0.1, -0.05) is 38.0 Å². The molecule has 2 bridgehead atoms. The van der Waals surface area contributed by atoms with Crippen LogP contribution in [0.3, 0.4) is 0 Å². The van der Waals surface area contributed by atoms with E-state index in [4.69, 9.17) is 14.3 Å². The van der Waals surface area contributed by atoms with Gasteiger partial charge in [-0.05, 0) is 94.4 Å². The van der Waals surface area contributed by atoms with Crippen molar-refractivity contribution >= 4 is 12.6 Å². The van der Waals surface area contributed by atoms with E-state index < -0.39 is 0 Å². The predicted octanol–water partition coefficient (Wildman–Crippen LogP) is 6.22. The van der Waals surface area contributed by atoms with Gasteiger partial charge in [-0.3, -0.25) is 4.98 Å². The minimum absolute atomic E-state index is 0.333. The Labute approximate surface area is 188 Å². The summed E-state index contributed by atoms with van der Waals surface area (Å²) in [5.41, 5.74) is 5.79. The minimum Gasteiger partial charge on any atom is -0.399 e. The molecular weight excluding hydrogens is 381 g/mol. The van der Waals surface area contributed by atoms with E-state index in [1.807, 2.05) is 6.20 Å². The van der Waals surface area contributed by atoms with Crippen LogP contribution in [0.4, 0.5) is 0 Å². The van der Waals surface area contributed by atoms with Crippen molar-refractivity contribution < 1.29 is 9.31 Å². The largest absolute Gasteiger partial charge is 0.496 e. The van der Waals surface area contributed by atoms with E-state index in [2.05, 4.69) is 65.0 Å². The molecule has 4 heteroatoms. The molecule has 5 rings (SSSR count). The van der Waals surface area contributed by atoms with Gasteiger partial charge in [-0.2, -0.15) is 0 Å². The number of benzene rings is 1. The molecule has 2 fully saturated rings. The molecule has 3 aliphatic rings. The highest BCUT2D eigenvalue weighted by Crippen LogP contribution is 2.48. The Balaban J connectivity index is 1.43. The van der Waals surface area contributed by atoms with E-state index in [1.165, 1.54) is 44.1 Å². The molecule has 0 amide bonds. The van der Waals surface area contributed by atoms with Crippen molar-refractivity contribution in [3.8, 4) is 11.3 Å². The molecule has 3 atom stereocenters. The van der Waals surface area contributed by atoms with Crippen molar-refractivity contribution in [3.63, 3.8) is 0 Å². The molecule has 2 heterocycles. The Kier molecular flexibility index (Phi) is 5.30. The van der Waals surface area contributed by atoms with Gasteiger partial charge in [0.15, 0.2) is 0 Å². The molecule has 0 N–H and O–H groups in total. The normalized spacial score (nSPS) is 28.8. The summed E-state index contributed by atoms with van der Waals surface area (Å²) >= 11 is 0. The average molecular weight is 417 g/mol. The first kappa shape index (κ1) is 21.2. The van der Waals surface area contributed by atoms with E-state index >= 15 is 0 Å². The van der Waals surface area contributed by atoms with Crippen molar-refractivity contribution in [3.05, 3.63) is 47.7 Å². The molecule has 1 saturated carbocycles. The summed E-state index contributed by atoms with van der Waals surface area (Å²) in [6.45, 7) is 10.7. The van der Waals surface area contributed by atoms with Crippen LogP contribution in [0.1, 0.15) is 96.1 Å². The van der Waals surface area contributed by atoms with Crippen LogP contribution in [-0.4, -0.2) is 23.3 Å². The Morgan fingerprint density at radius 2 is 1.74 bits per heavy atom. The maximum Gasteiger partial charge on any atom is 0.496 e. The topological polar surface area (TPSA) is 31.4 Å². The lowest BCUT2D eigenvalue weighted by Crippen LogP contribution is -2.41. The summed E-state index contributed by atoms with van der Waals surface area (Å²) in [5, 5.41) is 0. The predicted molar refractivity (Wildman–Crippen MR) is 128 cm³/mol. The summed E-state index contributed by atoms with van der Waals surface area (Å²) in [4.78, 5) is 4.82. The second-order valence-electron chi connectivity index (χ2n) is 11.0. The minimum atomic E-state index is -0.359. The molecule has 1 saturated heterocycles. The molecule has 3 nitrogen and oxygen atoms in total. The Bertz CT molecular complexity index is 936. The number of pyridine rings is 1. The van der Waals surface area contributed by atoms with Crippen LogP contribution >= 0.6 is 0 Å². The molecule has 1 aromatic carbocycles. The van der Waals surface area contributed by atoms with Crippen LogP contribution in [0.5, 0.6) is 0 Å². The van der Waals surface area contributed by atoms with E-state index in [-0.39, 0.29) is 18.3 Å². The fourth-order valence-corrected chi connectivity index (χ4v) is 5.86. The van der Waals surface area contributed by atoms with E-state index in [1.54, 1.807) is 11.1 Å². The summed E-state index contributed by atoms with van der Waals surface area (Å²) in [7, 11) is -0.359. The highest BCUT2D eigenvalue weighted by Gasteiger charge is 2.51. The fraction of sp³-hybridized carbons (Fsp3) is 0.593. The maximum atomic E-state index is 6.19. The lowest BCUT2D eigenvalue weighted by Gasteiger charge is -2.32. The molecule has 3 unspecified atom stereocenters. The third-order valence-electron chi connectivity index (χ3n) is 8.47. The van der Waals surface area contributed by atoms with Crippen LogP contribution in [-0.2, 0) is 9.31 Å². The number of nitrogens with zero attached hydrogens (tertiary/aromatic N) is 1.